The standard InChI is InChI=1S/C21H20N2O2/c1-22(16-7-3-2-4-8-16)20(24)14-23-13-18(21(25)15-11-12-15)17-9-5-6-10-19(17)23/h2-10,13,15H,11-12,14H2,1H3. The van der Waals surface area contributed by atoms with Crippen LogP contribution in [0.5, 0.6) is 0 Å². The number of para-hydroxylation sites is 2. The molecule has 3 aromatic rings. The van der Waals surface area contributed by atoms with E-state index in [1.165, 1.54) is 0 Å². The lowest BCUT2D eigenvalue weighted by atomic mass is 10.1. The number of rotatable bonds is 5. The molecule has 25 heavy (non-hydrogen) atoms. The van der Waals surface area contributed by atoms with Crippen molar-refractivity contribution in [1.29, 1.82) is 0 Å². The molecule has 1 amide bonds. The highest BCUT2D eigenvalue weighted by atomic mass is 16.2. The minimum atomic E-state index is -0.0163. The number of amides is 1. The maximum absolute atomic E-state index is 12.7. The van der Waals surface area contributed by atoms with E-state index in [1.807, 2.05) is 65.4 Å². The van der Waals surface area contributed by atoms with Crippen LogP contribution >= 0.6 is 0 Å². The van der Waals surface area contributed by atoms with Crippen LogP contribution in [0, 0.1) is 5.92 Å². The first-order chi connectivity index (χ1) is 12.1. The SMILES string of the molecule is CN(C(=O)Cn1cc(C(=O)C2CC2)c2ccccc21)c1ccccc1. The number of benzene rings is 2. The van der Waals surface area contributed by atoms with Crippen molar-refractivity contribution < 1.29 is 9.59 Å². The highest BCUT2D eigenvalue weighted by Crippen LogP contribution is 2.35. The third kappa shape index (κ3) is 2.95. The molecule has 1 aliphatic carbocycles. The van der Waals surface area contributed by atoms with Gasteiger partial charge in [0.25, 0.3) is 0 Å². The van der Waals surface area contributed by atoms with E-state index in [0.29, 0.717) is 0 Å². The van der Waals surface area contributed by atoms with Gasteiger partial charge in [0.15, 0.2) is 5.78 Å². The summed E-state index contributed by atoms with van der Waals surface area (Å²) in [5.41, 5.74) is 2.54. The van der Waals surface area contributed by atoms with E-state index in [1.54, 1.807) is 11.9 Å². The maximum atomic E-state index is 12.7. The number of likely N-dealkylation sites (N-methyl/N-ethyl adjacent to an activating group) is 1. The molecule has 4 rings (SSSR count). The van der Waals surface area contributed by atoms with Gasteiger partial charge in [0.2, 0.25) is 5.91 Å². The largest absolute Gasteiger partial charge is 0.337 e. The smallest absolute Gasteiger partial charge is 0.246 e. The van der Waals surface area contributed by atoms with E-state index in [9.17, 15) is 9.59 Å². The van der Waals surface area contributed by atoms with Crippen molar-refractivity contribution in [2.75, 3.05) is 11.9 Å². The number of fused-ring (bicyclic) bond motifs is 1. The zero-order valence-electron chi connectivity index (χ0n) is 14.2. The van der Waals surface area contributed by atoms with Crippen LogP contribution in [0.25, 0.3) is 10.9 Å². The molecule has 4 nitrogen and oxygen atoms in total. The summed E-state index contributed by atoms with van der Waals surface area (Å²) in [4.78, 5) is 26.9. The fraction of sp³-hybridized carbons (Fsp3) is 0.238. The Kier molecular flexibility index (Phi) is 3.88. The van der Waals surface area contributed by atoms with Crippen LogP contribution in [0.2, 0.25) is 0 Å². The summed E-state index contributed by atoms with van der Waals surface area (Å²) in [5.74, 6) is 0.359. The lowest BCUT2D eigenvalue weighted by molar-refractivity contribution is -0.118. The van der Waals surface area contributed by atoms with Crippen molar-refractivity contribution in [3.05, 3.63) is 66.4 Å². The summed E-state index contributed by atoms with van der Waals surface area (Å²) in [5, 5.41) is 0.939. The summed E-state index contributed by atoms with van der Waals surface area (Å²) < 4.78 is 1.90. The van der Waals surface area contributed by atoms with Crippen molar-refractivity contribution in [2.45, 2.75) is 19.4 Å². The Morgan fingerprint density at radius 2 is 1.72 bits per heavy atom. The van der Waals surface area contributed by atoms with Gasteiger partial charge in [0, 0.05) is 41.3 Å². The van der Waals surface area contributed by atoms with Crippen LogP contribution in [0.15, 0.2) is 60.8 Å². The second kappa shape index (κ2) is 6.20. The normalized spacial score (nSPS) is 13.8. The fourth-order valence-electron chi connectivity index (χ4n) is 3.19. The number of anilines is 1. The van der Waals surface area contributed by atoms with Gasteiger partial charge in [-0.25, -0.2) is 0 Å². The summed E-state index contributed by atoms with van der Waals surface area (Å²) >= 11 is 0. The van der Waals surface area contributed by atoms with Crippen LogP contribution in [0.3, 0.4) is 0 Å². The molecular formula is C21H20N2O2. The minimum Gasteiger partial charge on any atom is -0.337 e. The molecule has 0 N–H and O–H groups in total. The first-order valence-corrected chi connectivity index (χ1v) is 8.59. The van der Waals surface area contributed by atoms with Crippen LogP contribution in [0.4, 0.5) is 5.69 Å². The van der Waals surface area contributed by atoms with E-state index in [-0.39, 0.29) is 24.2 Å². The number of carbonyl (C=O) groups is 2. The molecule has 4 heteroatoms. The van der Waals surface area contributed by atoms with Gasteiger partial charge in [-0.3, -0.25) is 9.59 Å². The first kappa shape index (κ1) is 15.6. The number of nitrogens with zero attached hydrogens (tertiary/aromatic N) is 2. The highest BCUT2D eigenvalue weighted by Gasteiger charge is 2.32. The first-order valence-electron chi connectivity index (χ1n) is 8.59. The van der Waals surface area contributed by atoms with Crippen LogP contribution in [-0.4, -0.2) is 23.3 Å². The maximum Gasteiger partial charge on any atom is 0.246 e. The Labute approximate surface area is 146 Å². The average Bonchev–Trinajstić information content (AvgIpc) is 3.44. The minimum absolute atomic E-state index is 0.0163. The van der Waals surface area contributed by atoms with Crippen molar-refractivity contribution in [1.82, 2.24) is 4.57 Å². The molecule has 0 unspecified atom stereocenters. The lowest BCUT2D eigenvalue weighted by Gasteiger charge is -2.18. The van der Waals surface area contributed by atoms with Gasteiger partial charge in [-0.15, -0.1) is 0 Å². The van der Waals surface area contributed by atoms with Gasteiger partial charge in [-0.2, -0.15) is 0 Å². The van der Waals surface area contributed by atoms with E-state index < -0.39 is 0 Å². The summed E-state index contributed by atoms with van der Waals surface area (Å²) in [7, 11) is 1.78. The molecule has 1 saturated carbocycles. The summed E-state index contributed by atoms with van der Waals surface area (Å²) in [6.45, 7) is 0.212. The van der Waals surface area contributed by atoms with Crippen LogP contribution in [-0.2, 0) is 11.3 Å². The van der Waals surface area contributed by atoms with Gasteiger partial charge in [0.1, 0.15) is 6.54 Å². The van der Waals surface area contributed by atoms with Gasteiger partial charge in [0.05, 0.1) is 0 Å². The number of carbonyl (C=O) groups excluding carboxylic acids is 2. The Hall–Kier alpha value is -2.88. The number of Topliss-reactive ketones (excluding diaryl/α,β-unsaturated/α-hetero) is 1. The van der Waals surface area contributed by atoms with E-state index in [2.05, 4.69) is 0 Å². The number of hydrogen-bond donors (Lipinski definition) is 0. The molecule has 1 fully saturated rings. The summed E-state index contributed by atoms with van der Waals surface area (Å²) in [6.07, 6.45) is 3.81. The fourth-order valence-corrected chi connectivity index (χ4v) is 3.19. The quantitative estimate of drug-likeness (QED) is 0.665. The zero-order chi connectivity index (χ0) is 17.4. The predicted molar refractivity (Wildman–Crippen MR) is 98.8 cm³/mol. The molecule has 0 radical (unpaired) electrons. The van der Waals surface area contributed by atoms with E-state index in [4.69, 9.17) is 0 Å². The molecule has 0 saturated heterocycles. The van der Waals surface area contributed by atoms with Gasteiger partial charge >= 0.3 is 0 Å². The molecule has 1 heterocycles. The molecule has 126 valence electrons. The number of hydrogen-bond acceptors (Lipinski definition) is 2. The lowest BCUT2D eigenvalue weighted by Crippen LogP contribution is -2.29. The number of aromatic nitrogens is 1. The van der Waals surface area contributed by atoms with E-state index >= 15 is 0 Å². The van der Waals surface area contributed by atoms with Gasteiger partial charge < -0.3 is 9.47 Å². The van der Waals surface area contributed by atoms with Crippen molar-refractivity contribution in [3.63, 3.8) is 0 Å². The summed E-state index contributed by atoms with van der Waals surface area (Å²) in [6, 6.07) is 17.4. The van der Waals surface area contributed by atoms with Crippen molar-refractivity contribution >= 4 is 28.3 Å². The molecule has 0 bridgehead atoms. The Balaban J connectivity index is 1.65. The highest BCUT2D eigenvalue weighted by molar-refractivity contribution is 6.10. The Morgan fingerprint density at radius 1 is 1.04 bits per heavy atom. The second-order valence-electron chi connectivity index (χ2n) is 6.61. The van der Waals surface area contributed by atoms with Crippen LogP contribution < -0.4 is 4.90 Å². The molecule has 1 aliphatic rings. The number of ketones is 1. The monoisotopic (exact) mass is 332 g/mol. The van der Waals surface area contributed by atoms with Gasteiger partial charge in [-0.1, -0.05) is 36.4 Å². The van der Waals surface area contributed by atoms with Crippen molar-refractivity contribution in [3.8, 4) is 0 Å². The second-order valence-corrected chi connectivity index (χ2v) is 6.61. The molecule has 1 aromatic heterocycles. The van der Waals surface area contributed by atoms with Gasteiger partial charge in [-0.05, 0) is 31.0 Å². The Morgan fingerprint density at radius 3 is 2.44 bits per heavy atom. The molecule has 0 spiro atoms. The zero-order valence-corrected chi connectivity index (χ0v) is 14.2. The average molecular weight is 332 g/mol. The van der Waals surface area contributed by atoms with E-state index in [0.717, 1.165) is 35.0 Å². The third-order valence-electron chi connectivity index (χ3n) is 4.83. The molecule has 0 atom stereocenters. The Bertz CT molecular complexity index is 939. The topological polar surface area (TPSA) is 42.3 Å². The third-order valence-corrected chi connectivity index (χ3v) is 4.83. The molecular weight excluding hydrogens is 312 g/mol. The van der Waals surface area contributed by atoms with Crippen molar-refractivity contribution in [2.24, 2.45) is 5.92 Å². The molecule has 0 aliphatic heterocycles. The predicted octanol–water partition coefficient (Wildman–Crippen LogP) is 3.90. The molecule has 2 aromatic carbocycles. The van der Waals surface area contributed by atoms with Crippen LogP contribution in [0.1, 0.15) is 23.2 Å².